The van der Waals surface area contributed by atoms with Crippen LogP contribution in [0.15, 0.2) is 24.3 Å². The predicted molar refractivity (Wildman–Crippen MR) is 78.8 cm³/mol. The van der Waals surface area contributed by atoms with Gasteiger partial charge in [0.15, 0.2) is 0 Å². The van der Waals surface area contributed by atoms with Crippen LogP contribution in [-0.4, -0.2) is 35.8 Å². The number of halogens is 1. The van der Waals surface area contributed by atoms with Crippen molar-refractivity contribution in [2.24, 2.45) is 0 Å². The van der Waals surface area contributed by atoms with Crippen LogP contribution in [0.2, 0.25) is 5.02 Å². The van der Waals surface area contributed by atoms with Crippen LogP contribution in [0.1, 0.15) is 36.5 Å². The third kappa shape index (κ3) is 3.51. The second kappa shape index (κ2) is 6.75. The molecular weight excluding hydrogens is 276 g/mol. The number of carbonyl (C=O) groups is 2. The Bertz CT molecular complexity index is 498. The van der Waals surface area contributed by atoms with Gasteiger partial charge < -0.3 is 10.2 Å². The van der Waals surface area contributed by atoms with Crippen molar-refractivity contribution in [2.75, 3.05) is 13.1 Å². The highest BCUT2D eigenvalue weighted by Gasteiger charge is 2.24. The number of likely N-dealkylation sites (tertiary alicyclic amines) is 1. The molecule has 5 heteroatoms. The molecule has 1 aromatic carbocycles. The molecule has 0 saturated carbocycles. The minimum atomic E-state index is -0.531. The largest absolute Gasteiger partial charge is 0.341 e. The van der Waals surface area contributed by atoms with Crippen LogP contribution in [-0.2, 0) is 4.79 Å². The van der Waals surface area contributed by atoms with Gasteiger partial charge in [0, 0.05) is 13.1 Å². The molecule has 1 fully saturated rings. The summed E-state index contributed by atoms with van der Waals surface area (Å²) in [6, 6.07) is 6.29. The quantitative estimate of drug-likeness (QED) is 0.931. The number of hydrogen-bond acceptors (Lipinski definition) is 2. The molecule has 108 valence electrons. The number of amides is 2. The Kier molecular flexibility index (Phi) is 5.01. The number of carbonyl (C=O) groups excluding carboxylic acids is 2. The molecule has 20 heavy (non-hydrogen) atoms. The van der Waals surface area contributed by atoms with Gasteiger partial charge in [-0.1, -0.05) is 23.7 Å². The Labute approximate surface area is 124 Å². The van der Waals surface area contributed by atoms with Crippen molar-refractivity contribution in [1.29, 1.82) is 0 Å². The molecule has 4 nitrogen and oxygen atoms in total. The maximum atomic E-state index is 12.2. The molecule has 1 aliphatic heterocycles. The lowest BCUT2D eigenvalue weighted by molar-refractivity contribution is -0.133. The molecular formula is C15H19ClN2O2. The number of rotatable bonds is 3. The summed E-state index contributed by atoms with van der Waals surface area (Å²) >= 11 is 5.97. The lowest BCUT2D eigenvalue weighted by Crippen LogP contribution is -2.48. The number of hydrogen-bond donors (Lipinski definition) is 1. The van der Waals surface area contributed by atoms with E-state index in [1.165, 1.54) is 6.42 Å². The van der Waals surface area contributed by atoms with Crippen molar-refractivity contribution in [3.63, 3.8) is 0 Å². The fourth-order valence-electron chi connectivity index (χ4n) is 2.37. The first-order valence-corrected chi connectivity index (χ1v) is 7.31. The van der Waals surface area contributed by atoms with Crippen molar-refractivity contribution in [2.45, 2.75) is 32.2 Å². The summed E-state index contributed by atoms with van der Waals surface area (Å²) in [7, 11) is 0. The summed E-state index contributed by atoms with van der Waals surface area (Å²) in [4.78, 5) is 26.1. The summed E-state index contributed by atoms with van der Waals surface area (Å²) in [6.07, 6.45) is 3.25. The standard InChI is InChI=1S/C15H19ClN2O2/c1-11(15(20)18-9-5-2-6-10-18)17-14(19)12-7-3-4-8-13(12)16/h3-4,7-8,11H,2,5-6,9-10H2,1H3,(H,17,19)/t11-/m1/s1. The maximum absolute atomic E-state index is 12.2. The first-order valence-electron chi connectivity index (χ1n) is 6.94. The summed E-state index contributed by atoms with van der Waals surface area (Å²) in [5.41, 5.74) is 0.396. The normalized spacial score (nSPS) is 16.6. The molecule has 0 aliphatic carbocycles. The monoisotopic (exact) mass is 294 g/mol. The van der Waals surface area contributed by atoms with Gasteiger partial charge in [0.2, 0.25) is 5.91 Å². The van der Waals surface area contributed by atoms with E-state index in [0.717, 1.165) is 25.9 Å². The molecule has 2 rings (SSSR count). The Morgan fingerprint density at radius 3 is 2.50 bits per heavy atom. The van der Waals surface area contributed by atoms with E-state index in [4.69, 9.17) is 11.6 Å². The summed E-state index contributed by atoms with van der Waals surface area (Å²) in [5, 5.41) is 3.11. The van der Waals surface area contributed by atoms with Crippen molar-refractivity contribution in [1.82, 2.24) is 10.2 Å². The number of nitrogens with one attached hydrogen (secondary N) is 1. The van der Waals surface area contributed by atoms with Crippen LogP contribution < -0.4 is 5.32 Å². The number of piperidine rings is 1. The SMILES string of the molecule is C[C@@H](NC(=O)c1ccccc1Cl)C(=O)N1CCCCC1. The number of benzene rings is 1. The highest BCUT2D eigenvalue weighted by molar-refractivity contribution is 6.33. The Morgan fingerprint density at radius 2 is 1.85 bits per heavy atom. The van der Waals surface area contributed by atoms with Crippen LogP contribution in [0.25, 0.3) is 0 Å². The van der Waals surface area contributed by atoms with Crippen LogP contribution in [0.4, 0.5) is 0 Å². The van der Waals surface area contributed by atoms with Crippen molar-refractivity contribution in [3.8, 4) is 0 Å². The first kappa shape index (κ1) is 14.9. The van der Waals surface area contributed by atoms with Crippen LogP contribution >= 0.6 is 11.6 Å². The second-order valence-electron chi connectivity index (χ2n) is 5.06. The molecule has 0 bridgehead atoms. The van der Waals surface area contributed by atoms with Gasteiger partial charge in [-0.25, -0.2) is 0 Å². The minimum absolute atomic E-state index is 0.0231. The van der Waals surface area contributed by atoms with Crippen LogP contribution in [0, 0.1) is 0 Å². The average molecular weight is 295 g/mol. The lowest BCUT2D eigenvalue weighted by atomic mass is 10.1. The summed E-state index contributed by atoms with van der Waals surface area (Å²) in [5.74, 6) is -0.335. The Morgan fingerprint density at radius 1 is 1.20 bits per heavy atom. The highest BCUT2D eigenvalue weighted by atomic mass is 35.5. The second-order valence-corrected chi connectivity index (χ2v) is 5.47. The molecule has 0 radical (unpaired) electrons. The molecule has 1 heterocycles. The van der Waals surface area contributed by atoms with Crippen molar-refractivity contribution in [3.05, 3.63) is 34.9 Å². The van der Waals surface area contributed by atoms with Gasteiger partial charge in [0.05, 0.1) is 10.6 Å². The molecule has 1 aromatic rings. The van der Waals surface area contributed by atoms with Gasteiger partial charge >= 0.3 is 0 Å². The fraction of sp³-hybridized carbons (Fsp3) is 0.467. The molecule has 2 amide bonds. The molecule has 0 unspecified atom stereocenters. The van der Waals surface area contributed by atoms with Crippen molar-refractivity contribution < 1.29 is 9.59 Å². The van der Waals surface area contributed by atoms with Gasteiger partial charge in [-0.05, 0) is 38.3 Å². The zero-order valence-electron chi connectivity index (χ0n) is 11.6. The van der Waals surface area contributed by atoms with E-state index < -0.39 is 6.04 Å². The van der Waals surface area contributed by atoms with Crippen molar-refractivity contribution >= 4 is 23.4 Å². The predicted octanol–water partition coefficient (Wildman–Crippen LogP) is 2.47. The summed E-state index contributed by atoms with van der Waals surface area (Å²) < 4.78 is 0. The van der Waals surface area contributed by atoms with E-state index in [2.05, 4.69) is 5.32 Å². The molecule has 0 aromatic heterocycles. The van der Waals surface area contributed by atoms with Gasteiger partial charge in [-0.3, -0.25) is 9.59 Å². The fourth-order valence-corrected chi connectivity index (χ4v) is 2.59. The third-order valence-electron chi connectivity index (χ3n) is 3.50. The Balaban J connectivity index is 1.97. The lowest BCUT2D eigenvalue weighted by Gasteiger charge is -2.29. The van der Waals surface area contributed by atoms with Gasteiger partial charge in [0.25, 0.3) is 5.91 Å². The van der Waals surface area contributed by atoms with Gasteiger partial charge in [-0.15, -0.1) is 0 Å². The minimum Gasteiger partial charge on any atom is -0.341 e. The van der Waals surface area contributed by atoms with E-state index in [1.807, 2.05) is 4.90 Å². The zero-order chi connectivity index (χ0) is 14.5. The molecule has 1 aliphatic rings. The maximum Gasteiger partial charge on any atom is 0.253 e. The van der Waals surface area contributed by atoms with Crippen LogP contribution in [0.3, 0.4) is 0 Å². The summed E-state index contributed by atoms with van der Waals surface area (Å²) in [6.45, 7) is 3.28. The smallest absolute Gasteiger partial charge is 0.253 e. The van der Waals surface area contributed by atoms with E-state index in [1.54, 1.807) is 31.2 Å². The van der Waals surface area contributed by atoms with E-state index in [0.29, 0.717) is 10.6 Å². The van der Waals surface area contributed by atoms with Gasteiger partial charge in [0.1, 0.15) is 6.04 Å². The topological polar surface area (TPSA) is 49.4 Å². The first-order chi connectivity index (χ1) is 9.59. The van der Waals surface area contributed by atoms with E-state index in [9.17, 15) is 9.59 Å². The zero-order valence-corrected chi connectivity index (χ0v) is 12.3. The highest BCUT2D eigenvalue weighted by Crippen LogP contribution is 2.15. The molecule has 1 N–H and O–H groups in total. The molecule has 0 spiro atoms. The van der Waals surface area contributed by atoms with Gasteiger partial charge in [-0.2, -0.15) is 0 Å². The molecule has 1 atom stereocenters. The van der Waals surface area contributed by atoms with E-state index >= 15 is 0 Å². The van der Waals surface area contributed by atoms with E-state index in [-0.39, 0.29) is 11.8 Å². The average Bonchev–Trinajstić information content (AvgIpc) is 2.47. The van der Waals surface area contributed by atoms with Crippen LogP contribution in [0.5, 0.6) is 0 Å². The third-order valence-corrected chi connectivity index (χ3v) is 3.83. The number of nitrogens with zero attached hydrogens (tertiary/aromatic N) is 1. The Hall–Kier alpha value is -1.55. The molecule has 1 saturated heterocycles.